The number of aromatic nitrogens is 2. The zero-order valence-electron chi connectivity index (χ0n) is 20.3. The molecule has 4 rings (SSSR count). The molecule has 0 spiro atoms. The molecular formula is C27H35N3O2S2. The lowest BCUT2D eigenvalue weighted by molar-refractivity contribution is -0.118. The van der Waals surface area contributed by atoms with Crippen LogP contribution in [-0.2, 0) is 11.2 Å². The molecule has 3 aromatic rings. The summed E-state index contributed by atoms with van der Waals surface area (Å²) in [4.78, 5) is 25.0. The maximum atomic E-state index is 13.5. The minimum atomic E-state index is -0.284. The Morgan fingerprint density at radius 1 is 1.18 bits per heavy atom. The SMILES string of the molecule is CCC(CCO)CC(C(=O)Nc1nc2ccc(CC(C)C)nc2s1)c1ccc(SC2CC2)cc1. The second-order valence-corrected chi connectivity index (χ2v) is 12.0. The van der Waals surface area contributed by atoms with E-state index in [-0.39, 0.29) is 24.3 Å². The topological polar surface area (TPSA) is 75.1 Å². The molecule has 7 heteroatoms. The number of nitrogens with zero attached hydrogens (tertiary/aromatic N) is 2. The van der Waals surface area contributed by atoms with Gasteiger partial charge in [0.15, 0.2) is 5.13 Å². The zero-order chi connectivity index (χ0) is 24.1. The van der Waals surface area contributed by atoms with Crippen LogP contribution in [0.3, 0.4) is 0 Å². The van der Waals surface area contributed by atoms with Crippen LogP contribution in [0.25, 0.3) is 10.3 Å². The molecule has 2 N–H and O–H groups in total. The average Bonchev–Trinajstić information content (AvgIpc) is 3.53. The molecular weight excluding hydrogens is 462 g/mol. The molecule has 34 heavy (non-hydrogen) atoms. The van der Waals surface area contributed by atoms with Crippen molar-refractivity contribution in [1.82, 2.24) is 9.97 Å². The standard InChI is InChI=1S/C27H35N3O2S2/c1-4-18(13-14-31)16-23(19-5-8-21(9-6-19)33-22-10-11-22)25(32)30-27-29-24-12-7-20(15-17(2)3)28-26(24)34-27/h5-9,12,17-18,22-23,31H,4,10-11,13-16H2,1-3H3,(H,29,30,32). The Hall–Kier alpha value is -1.96. The van der Waals surface area contributed by atoms with E-state index in [1.54, 1.807) is 0 Å². The molecule has 1 saturated carbocycles. The molecule has 5 nitrogen and oxygen atoms in total. The van der Waals surface area contributed by atoms with Crippen LogP contribution in [0.2, 0.25) is 0 Å². The fourth-order valence-electron chi connectivity index (χ4n) is 4.19. The van der Waals surface area contributed by atoms with Crippen molar-refractivity contribution >= 4 is 44.5 Å². The predicted octanol–water partition coefficient (Wildman–Crippen LogP) is 6.67. The van der Waals surface area contributed by atoms with E-state index in [0.29, 0.717) is 23.9 Å². The Morgan fingerprint density at radius 3 is 2.59 bits per heavy atom. The van der Waals surface area contributed by atoms with Gasteiger partial charge >= 0.3 is 0 Å². The van der Waals surface area contributed by atoms with Crippen molar-refractivity contribution in [3.63, 3.8) is 0 Å². The van der Waals surface area contributed by atoms with Gasteiger partial charge in [-0.3, -0.25) is 4.79 Å². The summed E-state index contributed by atoms with van der Waals surface area (Å²) < 4.78 is 0. The lowest BCUT2D eigenvalue weighted by Crippen LogP contribution is -2.23. The van der Waals surface area contributed by atoms with Gasteiger partial charge < -0.3 is 10.4 Å². The van der Waals surface area contributed by atoms with Gasteiger partial charge in [-0.15, -0.1) is 11.8 Å². The van der Waals surface area contributed by atoms with Gasteiger partial charge in [-0.05, 0) is 73.8 Å². The molecule has 2 atom stereocenters. The number of thiazole rings is 1. The molecule has 0 bridgehead atoms. The molecule has 1 aliphatic rings. The Labute approximate surface area is 210 Å². The number of hydrogen-bond donors (Lipinski definition) is 2. The van der Waals surface area contributed by atoms with Gasteiger partial charge in [0.2, 0.25) is 5.91 Å². The maximum Gasteiger partial charge on any atom is 0.233 e. The summed E-state index contributed by atoms with van der Waals surface area (Å²) in [6.45, 7) is 6.63. The minimum Gasteiger partial charge on any atom is -0.396 e. The average molecular weight is 498 g/mol. The van der Waals surface area contributed by atoms with Crippen molar-refractivity contribution in [3.8, 4) is 0 Å². The van der Waals surface area contributed by atoms with Gasteiger partial charge in [-0.25, -0.2) is 9.97 Å². The van der Waals surface area contributed by atoms with Crippen LogP contribution in [0.1, 0.15) is 70.1 Å². The summed E-state index contributed by atoms with van der Waals surface area (Å²) in [6, 6.07) is 12.5. The highest BCUT2D eigenvalue weighted by Crippen LogP contribution is 2.40. The number of rotatable bonds is 12. The van der Waals surface area contributed by atoms with Crippen LogP contribution >= 0.6 is 23.1 Å². The number of benzene rings is 1. The summed E-state index contributed by atoms with van der Waals surface area (Å²) in [5.74, 6) is 0.502. The summed E-state index contributed by atoms with van der Waals surface area (Å²) in [5, 5.41) is 13.9. The first kappa shape index (κ1) is 25.1. The van der Waals surface area contributed by atoms with Gasteiger partial charge in [-0.1, -0.05) is 50.7 Å². The monoisotopic (exact) mass is 497 g/mol. The van der Waals surface area contributed by atoms with Crippen LogP contribution in [0.4, 0.5) is 5.13 Å². The first-order chi connectivity index (χ1) is 16.4. The summed E-state index contributed by atoms with van der Waals surface area (Å²) >= 11 is 3.36. The highest BCUT2D eigenvalue weighted by molar-refractivity contribution is 8.00. The van der Waals surface area contributed by atoms with E-state index >= 15 is 0 Å². The molecule has 1 fully saturated rings. The van der Waals surface area contributed by atoms with Gasteiger partial charge in [0.25, 0.3) is 0 Å². The van der Waals surface area contributed by atoms with E-state index in [0.717, 1.165) is 39.7 Å². The molecule has 1 aliphatic carbocycles. The zero-order valence-corrected chi connectivity index (χ0v) is 21.9. The highest BCUT2D eigenvalue weighted by atomic mass is 32.2. The number of nitrogens with one attached hydrogen (secondary N) is 1. The number of amides is 1. The van der Waals surface area contributed by atoms with Crippen molar-refractivity contribution in [2.24, 2.45) is 11.8 Å². The number of fused-ring (bicyclic) bond motifs is 1. The fourth-order valence-corrected chi connectivity index (χ4v) is 6.10. The molecule has 1 amide bonds. The molecule has 0 radical (unpaired) electrons. The molecule has 0 saturated heterocycles. The fraction of sp³-hybridized carbons (Fsp3) is 0.519. The second-order valence-electron chi connectivity index (χ2n) is 9.69. The molecule has 2 aromatic heterocycles. The van der Waals surface area contributed by atoms with Crippen molar-refractivity contribution in [1.29, 1.82) is 0 Å². The van der Waals surface area contributed by atoms with E-state index in [2.05, 4.69) is 55.3 Å². The number of anilines is 1. The molecule has 1 aromatic carbocycles. The third-order valence-corrected chi connectivity index (χ3v) is 8.50. The van der Waals surface area contributed by atoms with Crippen LogP contribution in [-0.4, -0.2) is 32.8 Å². The molecule has 2 heterocycles. The second kappa shape index (κ2) is 11.6. The van der Waals surface area contributed by atoms with E-state index in [1.807, 2.05) is 23.9 Å². The van der Waals surface area contributed by atoms with Crippen molar-refractivity contribution in [3.05, 3.63) is 47.7 Å². The number of aliphatic hydroxyl groups is 1. The summed E-state index contributed by atoms with van der Waals surface area (Å²) in [7, 11) is 0. The Morgan fingerprint density at radius 2 is 1.94 bits per heavy atom. The number of thioether (sulfide) groups is 1. The number of aliphatic hydroxyl groups excluding tert-OH is 1. The highest BCUT2D eigenvalue weighted by Gasteiger charge is 2.26. The van der Waals surface area contributed by atoms with Crippen molar-refractivity contribution in [2.75, 3.05) is 11.9 Å². The van der Waals surface area contributed by atoms with Gasteiger partial charge in [0.05, 0.1) is 5.92 Å². The quantitative estimate of drug-likeness (QED) is 0.292. The predicted molar refractivity (Wildman–Crippen MR) is 143 cm³/mol. The Balaban J connectivity index is 1.53. The lowest BCUT2D eigenvalue weighted by Gasteiger charge is -2.22. The third kappa shape index (κ3) is 6.80. The van der Waals surface area contributed by atoms with Gasteiger partial charge in [-0.2, -0.15) is 0 Å². The Bertz CT molecular complexity index is 1090. The van der Waals surface area contributed by atoms with Gasteiger partial charge in [0, 0.05) is 22.4 Å². The first-order valence-corrected chi connectivity index (χ1v) is 14.1. The number of pyridine rings is 1. The van der Waals surface area contributed by atoms with Gasteiger partial charge in [0.1, 0.15) is 10.3 Å². The van der Waals surface area contributed by atoms with Crippen molar-refractivity contribution < 1.29 is 9.90 Å². The van der Waals surface area contributed by atoms with E-state index < -0.39 is 0 Å². The Kier molecular flexibility index (Phi) is 8.61. The van der Waals surface area contributed by atoms with E-state index in [1.165, 1.54) is 29.1 Å². The molecule has 2 unspecified atom stereocenters. The van der Waals surface area contributed by atoms with E-state index in [4.69, 9.17) is 4.98 Å². The molecule has 182 valence electrons. The van der Waals surface area contributed by atoms with Crippen LogP contribution < -0.4 is 5.32 Å². The summed E-state index contributed by atoms with van der Waals surface area (Å²) in [5.41, 5.74) is 2.89. The minimum absolute atomic E-state index is 0.0413. The molecule has 0 aliphatic heterocycles. The van der Waals surface area contributed by atoms with Crippen LogP contribution in [0.5, 0.6) is 0 Å². The maximum absolute atomic E-state index is 13.5. The number of carbonyl (C=O) groups excluding carboxylic acids is 1. The normalized spacial score (nSPS) is 15.6. The number of hydrogen-bond acceptors (Lipinski definition) is 6. The van der Waals surface area contributed by atoms with Crippen molar-refractivity contribution in [2.45, 2.75) is 75.4 Å². The van der Waals surface area contributed by atoms with Crippen LogP contribution in [0.15, 0.2) is 41.3 Å². The third-order valence-electron chi connectivity index (χ3n) is 6.27. The van der Waals surface area contributed by atoms with E-state index in [9.17, 15) is 9.90 Å². The number of carbonyl (C=O) groups is 1. The smallest absolute Gasteiger partial charge is 0.233 e. The summed E-state index contributed by atoms with van der Waals surface area (Å²) in [6.07, 6.45) is 5.87. The largest absolute Gasteiger partial charge is 0.396 e. The lowest BCUT2D eigenvalue weighted by atomic mass is 9.85. The van der Waals surface area contributed by atoms with Crippen LogP contribution in [0, 0.1) is 11.8 Å². The first-order valence-electron chi connectivity index (χ1n) is 12.4.